The summed E-state index contributed by atoms with van der Waals surface area (Å²) in [5.41, 5.74) is 1.22. The first-order valence-corrected chi connectivity index (χ1v) is 9.49. The van der Waals surface area contributed by atoms with Crippen LogP contribution in [0.15, 0.2) is 40.2 Å². The van der Waals surface area contributed by atoms with Gasteiger partial charge in [0.1, 0.15) is 0 Å². The summed E-state index contributed by atoms with van der Waals surface area (Å²) < 4.78 is 16.2. The van der Waals surface area contributed by atoms with Gasteiger partial charge < -0.3 is 14.0 Å². The zero-order valence-corrected chi connectivity index (χ0v) is 15.7. The van der Waals surface area contributed by atoms with E-state index in [-0.39, 0.29) is 0 Å². The molecule has 2 aromatic heterocycles. The van der Waals surface area contributed by atoms with Crippen molar-refractivity contribution >= 4 is 11.3 Å². The average Bonchev–Trinajstić information content (AvgIpc) is 3.42. The van der Waals surface area contributed by atoms with E-state index in [0.717, 1.165) is 41.6 Å². The first-order valence-electron chi connectivity index (χ1n) is 8.61. The van der Waals surface area contributed by atoms with Gasteiger partial charge in [-0.05, 0) is 48.5 Å². The molecule has 0 radical (unpaired) electrons. The summed E-state index contributed by atoms with van der Waals surface area (Å²) in [6.45, 7) is 1.69. The number of thiophene rings is 1. The maximum Gasteiger partial charge on any atom is 0.268 e. The predicted octanol–water partition coefficient (Wildman–Crippen LogP) is 4.15. The molecule has 0 N–H and O–H groups in total. The van der Waals surface area contributed by atoms with E-state index in [1.807, 2.05) is 23.6 Å². The van der Waals surface area contributed by atoms with Crippen molar-refractivity contribution in [3.63, 3.8) is 0 Å². The quantitative estimate of drug-likeness (QED) is 0.649. The number of likely N-dealkylation sites (tertiary alicyclic amines) is 1. The minimum absolute atomic E-state index is 0.318. The molecular weight excluding hydrogens is 350 g/mol. The van der Waals surface area contributed by atoms with Gasteiger partial charge in [-0.1, -0.05) is 17.3 Å². The molecule has 4 rings (SSSR count). The highest BCUT2D eigenvalue weighted by Crippen LogP contribution is 2.37. The van der Waals surface area contributed by atoms with Crippen molar-refractivity contribution in [2.45, 2.75) is 25.4 Å². The fourth-order valence-electron chi connectivity index (χ4n) is 3.45. The van der Waals surface area contributed by atoms with Gasteiger partial charge in [0.25, 0.3) is 5.89 Å². The Morgan fingerprint density at radius 1 is 1.23 bits per heavy atom. The van der Waals surface area contributed by atoms with Gasteiger partial charge in [0.2, 0.25) is 0 Å². The Morgan fingerprint density at radius 2 is 2.12 bits per heavy atom. The van der Waals surface area contributed by atoms with Crippen LogP contribution in [-0.4, -0.2) is 35.8 Å². The Morgan fingerprint density at radius 3 is 2.88 bits per heavy atom. The van der Waals surface area contributed by atoms with Gasteiger partial charge in [0.15, 0.2) is 17.3 Å². The van der Waals surface area contributed by atoms with Gasteiger partial charge in [-0.3, -0.25) is 4.90 Å². The molecule has 0 saturated carbocycles. The van der Waals surface area contributed by atoms with Crippen LogP contribution in [0, 0.1) is 0 Å². The second-order valence-corrected chi connectivity index (χ2v) is 7.18. The summed E-state index contributed by atoms with van der Waals surface area (Å²) >= 11 is 1.60. The zero-order valence-electron chi connectivity index (χ0n) is 14.8. The highest BCUT2D eigenvalue weighted by molar-refractivity contribution is 7.13. The van der Waals surface area contributed by atoms with E-state index in [1.54, 1.807) is 25.6 Å². The molecule has 1 saturated heterocycles. The van der Waals surface area contributed by atoms with E-state index in [1.165, 1.54) is 5.56 Å². The molecule has 7 heteroatoms. The molecule has 1 unspecified atom stereocenters. The Kier molecular flexibility index (Phi) is 4.90. The minimum atomic E-state index is 0.318. The van der Waals surface area contributed by atoms with Crippen LogP contribution in [0.1, 0.15) is 30.3 Å². The lowest BCUT2D eigenvalue weighted by atomic mass is 10.0. The molecule has 0 aliphatic carbocycles. The molecule has 1 fully saturated rings. The van der Waals surface area contributed by atoms with Gasteiger partial charge in [-0.2, -0.15) is 4.98 Å². The first-order chi connectivity index (χ1) is 12.8. The number of methoxy groups -OCH3 is 2. The molecule has 3 aromatic rings. The monoisotopic (exact) mass is 371 g/mol. The molecule has 1 atom stereocenters. The molecule has 1 aliphatic rings. The van der Waals surface area contributed by atoms with Gasteiger partial charge in [0, 0.05) is 6.04 Å². The van der Waals surface area contributed by atoms with Crippen molar-refractivity contribution in [2.75, 3.05) is 20.8 Å². The van der Waals surface area contributed by atoms with Crippen molar-refractivity contribution in [2.24, 2.45) is 0 Å². The summed E-state index contributed by atoms with van der Waals surface area (Å²) in [5, 5.41) is 6.17. The number of aromatic nitrogens is 2. The third-order valence-electron chi connectivity index (χ3n) is 4.70. The Bertz CT molecular complexity index is 863. The highest BCUT2D eigenvalue weighted by atomic mass is 32.1. The fourth-order valence-corrected chi connectivity index (χ4v) is 4.10. The normalized spacial score (nSPS) is 17.5. The van der Waals surface area contributed by atoms with E-state index in [4.69, 9.17) is 14.0 Å². The molecule has 0 spiro atoms. The lowest BCUT2D eigenvalue weighted by molar-refractivity contribution is 0.237. The van der Waals surface area contributed by atoms with E-state index < -0.39 is 0 Å². The summed E-state index contributed by atoms with van der Waals surface area (Å²) in [5.74, 6) is 2.83. The van der Waals surface area contributed by atoms with Gasteiger partial charge in [0.05, 0.1) is 25.6 Å². The van der Waals surface area contributed by atoms with Crippen molar-refractivity contribution in [3.8, 4) is 22.3 Å². The van der Waals surface area contributed by atoms with Gasteiger partial charge >= 0.3 is 0 Å². The lowest BCUT2D eigenvalue weighted by Gasteiger charge is -2.24. The topological polar surface area (TPSA) is 60.6 Å². The van der Waals surface area contributed by atoms with E-state index in [2.05, 4.69) is 27.2 Å². The second-order valence-electron chi connectivity index (χ2n) is 6.24. The van der Waals surface area contributed by atoms with Crippen LogP contribution in [0.3, 0.4) is 0 Å². The summed E-state index contributed by atoms with van der Waals surface area (Å²) in [7, 11) is 3.32. The number of benzene rings is 1. The maximum absolute atomic E-state index is 5.45. The lowest BCUT2D eigenvalue weighted by Crippen LogP contribution is -2.23. The molecule has 1 aromatic carbocycles. The van der Waals surface area contributed by atoms with Gasteiger partial charge in [-0.25, -0.2) is 0 Å². The highest BCUT2D eigenvalue weighted by Gasteiger charge is 2.28. The number of nitrogens with zero attached hydrogens (tertiary/aromatic N) is 3. The summed E-state index contributed by atoms with van der Waals surface area (Å²) in [6.07, 6.45) is 2.25. The SMILES string of the molecule is COc1ccc(C2CCCN2Cc2noc(-c3cccs3)n2)cc1OC. The average molecular weight is 371 g/mol. The molecular formula is C19H21N3O3S. The van der Waals surface area contributed by atoms with Gasteiger partial charge in [-0.15, -0.1) is 11.3 Å². The van der Waals surface area contributed by atoms with Crippen molar-refractivity contribution in [1.82, 2.24) is 15.0 Å². The van der Waals surface area contributed by atoms with Crippen LogP contribution >= 0.6 is 11.3 Å². The number of ether oxygens (including phenoxy) is 2. The number of hydrogen-bond acceptors (Lipinski definition) is 7. The van der Waals surface area contributed by atoms with Crippen molar-refractivity contribution < 1.29 is 14.0 Å². The minimum Gasteiger partial charge on any atom is -0.493 e. The van der Waals surface area contributed by atoms with E-state index in [9.17, 15) is 0 Å². The number of rotatable bonds is 6. The standard InChI is InChI=1S/C19H21N3O3S/c1-23-15-8-7-13(11-16(15)24-2)14-5-3-9-22(14)12-18-20-19(25-21-18)17-6-4-10-26-17/h4,6-8,10-11,14H,3,5,9,12H2,1-2H3. The third kappa shape index (κ3) is 3.32. The van der Waals surface area contributed by atoms with Crippen LogP contribution in [0.2, 0.25) is 0 Å². The molecule has 136 valence electrons. The molecule has 0 amide bonds. The molecule has 3 heterocycles. The smallest absolute Gasteiger partial charge is 0.268 e. The molecule has 26 heavy (non-hydrogen) atoms. The third-order valence-corrected chi connectivity index (χ3v) is 5.56. The zero-order chi connectivity index (χ0) is 17.9. The maximum atomic E-state index is 5.45. The second kappa shape index (κ2) is 7.47. The van der Waals surface area contributed by atoms with Crippen LogP contribution in [0.5, 0.6) is 11.5 Å². The first kappa shape index (κ1) is 17.1. The fraction of sp³-hybridized carbons (Fsp3) is 0.368. The summed E-state index contributed by atoms with van der Waals surface area (Å²) in [4.78, 5) is 7.95. The van der Waals surface area contributed by atoms with E-state index >= 15 is 0 Å². The Labute approximate surface area is 156 Å². The van der Waals surface area contributed by atoms with Crippen LogP contribution in [0.25, 0.3) is 10.8 Å². The largest absolute Gasteiger partial charge is 0.493 e. The molecule has 0 bridgehead atoms. The predicted molar refractivity (Wildman–Crippen MR) is 99.5 cm³/mol. The molecule has 6 nitrogen and oxygen atoms in total. The Balaban J connectivity index is 1.52. The van der Waals surface area contributed by atoms with Crippen LogP contribution in [0.4, 0.5) is 0 Å². The van der Waals surface area contributed by atoms with Crippen molar-refractivity contribution in [1.29, 1.82) is 0 Å². The number of hydrogen-bond donors (Lipinski definition) is 0. The Hall–Kier alpha value is -2.38. The van der Waals surface area contributed by atoms with Crippen LogP contribution in [-0.2, 0) is 6.54 Å². The summed E-state index contributed by atoms with van der Waals surface area (Å²) in [6, 6.07) is 10.4. The van der Waals surface area contributed by atoms with Crippen LogP contribution < -0.4 is 9.47 Å². The van der Waals surface area contributed by atoms with E-state index in [0.29, 0.717) is 18.5 Å². The molecule has 1 aliphatic heterocycles. The van der Waals surface area contributed by atoms with Crippen molar-refractivity contribution in [3.05, 3.63) is 47.1 Å².